The number of hydrogen-bond donors (Lipinski definition) is 2. The smallest absolute Gasteiger partial charge is 0.270 e. The van der Waals surface area contributed by atoms with Gasteiger partial charge in [0.2, 0.25) is 10.0 Å². The summed E-state index contributed by atoms with van der Waals surface area (Å²) >= 11 is 0. The van der Waals surface area contributed by atoms with Crippen LogP contribution in [0.1, 0.15) is 27.8 Å². The average Bonchev–Trinajstić information content (AvgIpc) is 2.99. The molecule has 0 saturated carbocycles. The number of aryl methyl sites for hydroxylation is 2. The zero-order valence-corrected chi connectivity index (χ0v) is 14.8. The van der Waals surface area contributed by atoms with Crippen LogP contribution in [0.5, 0.6) is 0 Å². The molecule has 0 bridgehead atoms. The van der Waals surface area contributed by atoms with E-state index in [1.165, 1.54) is 23.3 Å². The fourth-order valence-electron chi connectivity index (χ4n) is 3.17. The molecule has 25 heavy (non-hydrogen) atoms. The van der Waals surface area contributed by atoms with Crippen LogP contribution in [0.25, 0.3) is 0 Å². The Morgan fingerprint density at radius 2 is 1.76 bits per heavy atom. The van der Waals surface area contributed by atoms with E-state index < -0.39 is 14.9 Å². The van der Waals surface area contributed by atoms with Gasteiger partial charge in [-0.15, -0.1) is 0 Å². The Labute approximate surface area is 146 Å². The molecule has 0 unspecified atom stereocenters. The van der Waals surface area contributed by atoms with Gasteiger partial charge in [0.25, 0.3) is 5.69 Å². The summed E-state index contributed by atoms with van der Waals surface area (Å²) in [5, 5.41) is 14.2. The molecule has 132 valence electrons. The van der Waals surface area contributed by atoms with Gasteiger partial charge in [-0.05, 0) is 41.7 Å². The van der Waals surface area contributed by atoms with Gasteiger partial charge in [-0.1, -0.05) is 18.2 Å². The second-order valence-corrected chi connectivity index (χ2v) is 7.90. The average molecular weight is 361 g/mol. The third kappa shape index (κ3) is 3.55. The van der Waals surface area contributed by atoms with Crippen LogP contribution in [0.15, 0.2) is 35.2 Å². The monoisotopic (exact) mass is 361 g/mol. The maximum atomic E-state index is 12.7. The number of rotatable bonds is 5. The zero-order valence-electron chi connectivity index (χ0n) is 14.0. The first-order valence-corrected chi connectivity index (χ1v) is 9.33. The summed E-state index contributed by atoms with van der Waals surface area (Å²) in [6, 6.07) is 8.46. The lowest BCUT2D eigenvalue weighted by molar-refractivity contribution is -0.385. The van der Waals surface area contributed by atoms with Crippen molar-refractivity contribution in [3.05, 3.63) is 68.3 Å². The Morgan fingerprint density at radius 3 is 2.40 bits per heavy atom. The lowest BCUT2D eigenvalue weighted by Gasteiger charge is -2.12. The number of nitro groups is 1. The minimum Gasteiger partial charge on any atom is -0.309 e. The quantitative estimate of drug-likeness (QED) is 0.628. The molecule has 1 heterocycles. The minimum atomic E-state index is -3.76. The number of nitrogens with one attached hydrogen (secondary N) is 2. The van der Waals surface area contributed by atoms with Crippen LogP contribution >= 0.6 is 0 Å². The molecule has 0 spiro atoms. The third-order valence-corrected chi connectivity index (χ3v) is 6.00. The number of benzene rings is 2. The Bertz CT molecular complexity index is 931. The highest BCUT2D eigenvalue weighted by molar-refractivity contribution is 7.89. The molecule has 0 amide bonds. The van der Waals surface area contributed by atoms with Gasteiger partial charge in [-0.25, -0.2) is 13.1 Å². The van der Waals surface area contributed by atoms with Crippen molar-refractivity contribution in [2.24, 2.45) is 0 Å². The SMILES string of the molecule is Cc1cc([N+](=O)[O-])cc(C)c1S(=O)(=O)NCc1ccc2c(c1)CNC2. The molecule has 0 aromatic heterocycles. The largest absolute Gasteiger partial charge is 0.309 e. The summed E-state index contributed by atoms with van der Waals surface area (Å²) in [4.78, 5) is 10.5. The maximum absolute atomic E-state index is 12.7. The van der Waals surface area contributed by atoms with Gasteiger partial charge >= 0.3 is 0 Å². The number of hydrogen-bond acceptors (Lipinski definition) is 5. The fraction of sp³-hybridized carbons (Fsp3) is 0.294. The van der Waals surface area contributed by atoms with Crippen molar-refractivity contribution >= 4 is 15.7 Å². The van der Waals surface area contributed by atoms with Crippen molar-refractivity contribution in [1.82, 2.24) is 10.0 Å². The fourth-order valence-corrected chi connectivity index (χ4v) is 4.63. The summed E-state index contributed by atoms with van der Waals surface area (Å²) in [5.41, 5.74) is 3.89. The molecule has 2 aromatic rings. The lowest BCUT2D eigenvalue weighted by Crippen LogP contribution is -2.25. The molecular weight excluding hydrogens is 342 g/mol. The molecule has 8 heteroatoms. The van der Waals surface area contributed by atoms with E-state index in [9.17, 15) is 18.5 Å². The highest BCUT2D eigenvalue weighted by Crippen LogP contribution is 2.26. The van der Waals surface area contributed by atoms with Crippen molar-refractivity contribution in [3.8, 4) is 0 Å². The van der Waals surface area contributed by atoms with E-state index in [1.807, 2.05) is 18.2 Å². The summed E-state index contributed by atoms with van der Waals surface area (Å²) in [6.45, 7) is 4.93. The molecular formula is C17H19N3O4S. The predicted molar refractivity (Wildman–Crippen MR) is 93.6 cm³/mol. The van der Waals surface area contributed by atoms with Crippen LogP contribution in [-0.4, -0.2) is 13.3 Å². The topological polar surface area (TPSA) is 101 Å². The van der Waals surface area contributed by atoms with Crippen molar-refractivity contribution < 1.29 is 13.3 Å². The highest BCUT2D eigenvalue weighted by Gasteiger charge is 2.22. The van der Waals surface area contributed by atoms with Gasteiger partial charge in [0.15, 0.2) is 0 Å². The van der Waals surface area contributed by atoms with Crippen LogP contribution < -0.4 is 10.0 Å². The molecule has 2 N–H and O–H groups in total. The molecule has 3 rings (SSSR count). The van der Waals surface area contributed by atoms with Gasteiger partial charge in [-0.2, -0.15) is 0 Å². The van der Waals surface area contributed by atoms with Crippen LogP contribution in [0.2, 0.25) is 0 Å². The molecule has 1 aliphatic heterocycles. The van der Waals surface area contributed by atoms with Gasteiger partial charge in [0, 0.05) is 31.8 Å². The minimum absolute atomic E-state index is 0.0981. The van der Waals surface area contributed by atoms with Gasteiger partial charge in [0.05, 0.1) is 9.82 Å². The van der Waals surface area contributed by atoms with Crippen molar-refractivity contribution in [2.75, 3.05) is 0 Å². The molecule has 0 aliphatic carbocycles. The molecule has 0 saturated heterocycles. The van der Waals surface area contributed by atoms with E-state index in [-0.39, 0.29) is 17.1 Å². The van der Waals surface area contributed by atoms with Crippen LogP contribution in [-0.2, 0) is 29.7 Å². The van der Waals surface area contributed by atoms with E-state index in [2.05, 4.69) is 10.0 Å². The van der Waals surface area contributed by atoms with Crippen molar-refractivity contribution in [1.29, 1.82) is 0 Å². The Balaban J connectivity index is 1.84. The Kier molecular flexibility index (Phi) is 4.59. The standard InChI is InChI=1S/C17H19N3O4S/c1-11-5-16(20(21)22)6-12(2)17(11)25(23,24)19-8-13-3-4-14-9-18-10-15(14)7-13/h3-7,18-19H,8-10H2,1-2H3. The second-order valence-electron chi connectivity index (χ2n) is 6.20. The number of fused-ring (bicyclic) bond motifs is 1. The maximum Gasteiger partial charge on any atom is 0.270 e. The summed E-state index contributed by atoms with van der Waals surface area (Å²) in [6.07, 6.45) is 0. The Hall–Kier alpha value is -2.29. The normalized spacial score (nSPS) is 13.7. The summed E-state index contributed by atoms with van der Waals surface area (Å²) in [5.74, 6) is 0. The van der Waals surface area contributed by atoms with Crippen molar-refractivity contribution in [2.45, 2.75) is 38.4 Å². The first-order valence-electron chi connectivity index (χ1n) is 7.84. The first kappa shape index (κ1) is 17.5. The number of nitrogens with zero attached hydrogens (tertiary/aromatic N) is 1. The third-order valence-electron chi connectivity index (χ3n) is 4.29. The van der Waals surface area contributed by atoms with E-state index in [1.54, 1.807) is 13.8 Å². The van der Waals surface area contributed by atoms with E-state index in [0.29, 0.717) is 11.1 Å². The van der Waals surface area contributed by atoms with Gasteiger partial charge in [0.1, 0.15) is 0 Å². The molecule has 1 aliphatic rings. The zero-order chi connectivity index (χ0) is 18.2. The van der Waals surface area contributed by atoms with Crippen LogP contribution in [0.3, 0.4) is 0 Å². The van der Waals surface area contributed by atoms with E-state index in [4.69, 9.17) is 0 Å². The number of nitro benzene ring substituents is 1. The Morgan fingerprint density at radius 1 is 1.12 bits per heavy atom. The molecule has 7 nitrogen and oxygen atoms in total. The van der Waals surface area contributed by atoms with Gasteiger partial charge < -0.3 is 5.32 Å². The highest BCUT2D eigenvalue weighted by atomic mass is 32.2. The lowest BCUT2D eigenvalue weighted by atomic mass is 10.1. The molecule has 0 radical (unpaired) electrons. The van der Waals surface area contributed by atoms with Crippen LogP contribution in [0.4, 0.5) is 5.69 Å². The summed E-state index contributed by atoms with van der Waals surface area (Å²) in [7, 11) is -3.76. The first-order chi connectivity index (χ1) is 11.8. The summed E-state index contributed by atoms with van der Waals surface area (Å²) < 4.78 is 27.9. The predicted octanol–water partition coefficient (Wildman–Crippen LogP) is 2.29. The molecule has 0 fully saturated rings. The molecule has 2 aromatic carbocycles. The number of sulfonamides is 1. The van der Waals surface area contributed by atoms with E-state index >= 15 is 0 Å². The van der Waals surface area contributed by atoms with Crippen LogP contribution in [0, 0.1) is 24.0 Å². The van der Waals surface area contributed by atoms with Gasteiger partial charge in [-0.3, -0.25) is 10.1 Å². The van der Waals surface area contributed by atoms with Crippen molar-refractivity contribution in [3.63, 3.8) is 0 Å². The molecule has 0 atom stereocenters. The van der Waals surface area contributed by atoms with E-state index in [0.717, 1.165) is 18.7 Å². The number of non-ortho nitro benzene ring substituents is 1. The second kappa shape index (κ2) is 6.55.